The zero-order valence-corrected chi connectivity index (χ0v) is 8.79. The number of hydrogen-bond donors (Lipinski definition) is 2. The van der Waals surface area contributed by atoms with Crippen LogP contribution >= 0.6 is 0 Å². The van der Waals surface area contributed by atoms with Gasteiger partial charge in [0.25, 0.3) is 5.09 Å². The number of rotatable bonds is 0. The molecule has 102 valence electrons. The Morgan fingerprint density at radius 1 is 1.07 bits per heavy atom. The number of nitrogens with zero attached hydrogens (tertiary/aromatic N) is 1. The van der Waals surface area contributed by atoms with Crippen LogP contribution in [0.2, 0.25) is 0 Å². The zero-order valence-electron chi connectivity index (χ0n) is 6.93. The minimum Gasteiger partial charge on any atom is -0.726 e. The van der Waals surface area contributed by atoms with Crippen molar-refractivity contribution in [2.75, 3.05) is 0 Å². The van der Waals surface area contributed by atoms with E-state index in [-0.39, 0.29) is 46.9 Å². The molecule has 0 rings (SSSR count). The average molecular weight is 301 g/mol. The van der Waals surface area contributed by atoms with Crippen LogP contribution in [0.25, 0.3) is 24.6 Å². The summed E-state index contributed by atoms with van der Waals surface area (Å²) in [7, 11) is -4.92. The van der Waals surface area contributed by atoms with Crippen LogP contribution in [0.4, 0.5) is 0 Å². The summed E-state index contributed by atoms with van der Waals surface area (Å²) in [4.78, 5) is 8.36. The second-order valence-corrected chi connectivity index (χ2v) is 1.52. The first-order chi connectivity index (χ1) is 3.73. The van der Waals surface area contributed by atoms with E-state index in [2.05, 4.69) is 0 Å². The maximum absolute atomic E-state index is 8.63. The molecule has 0 aromatic rings. The molecule has 0 amide bonds. The normalized spacial score (nSPS) is 5.47. The number of nitrogens with two attached hydrogens (primary N) is 4. The molecule has 15 heteroatoms. The van der Waals surface area contributed by atoms with Gasteiger partial charge in [-0.2, -0.15) is 0 Å². The molecule has 0 fully saturated rings. The van der Waals surface area contributed by atoms with E-state index in [4.69, 9.17) is 32.8 Å². The Kier molecular flexibility index (Phi) is 123. The fraction of sp³-hybridized carbons (Fsp3) is 0. The van der Waals surface area contributed by atoms with Gasteiger partial charge in [0.2, 0.25) is 10.4 Å². The summed E-state index contributed by atoms with van der Waals surface area (Å²) in [5.41, 5.74) is 0. The summed E-state index contributed by atoms with van der Waals surface area (Å²) in [6.07, 6.45) is 0. The topological polar surface area (TPSA) is 306 Å². The van der Waals surface area contributed by atoms with Crippen molar-refractivity contribution in [3.8, 4) is 0 Å². The van der Waals surface area contributed by atoms with Crippen molar-refractivity contribution >= 4 is 10.4 Å². The maximum atomic E-state index is 8.63. The first kappa shape index (κ1) is 63.3. The molecule has 0 saturated heterocycles. The Balaban J connectivity index is -0.00000000785. The Labute approximate surface area is 95.8 Å². The molecular weight excluding hydrogens is 289 g/mol. The average Bonchev–Trinajstić information content (AvgIpc) is 1.19. The molecular formula is H12CoN5O8S-2. The fourth-order valence-electron chi connectivity index (χ4n) is 0. The zero-order chi connectivity index (χ0) is 8.08. The molecule has 0 unspecified atom stereocenters. The summed E-state index contributed by atoms with van der Waals surface area (Å²) in [5, 5.41) is 13.6. The smallest absolute Gasteiger partial charge is 0.726 e. The third kappa shape index (κ3) is 4450. The maximum Gasteiger partial charge on any atom is 3.00 e. The monoisotopic (exact) mass is 301 g/mol. The minimum absolute atomic E-state index is 0. The van der Waals surface area contributed by atoms with Gasteiger partial charge < -0.3 is 39.8 Å². The van der Waals surface area contributed by atoms with Crippen LogP contribution < -0.4 is 0 Å². The van der Waals surface area contributed by atoms with Crippen molar-refractivity contribution in [3.63, 3.8) is 0 Å². The molecule has 0 heterocycles. The van der Waals surface area contributed by atoms with Crippen molar-refractivity contribution in [3.05, 3.63) is 34.7 Å². The quantitative estimate of drug-likeness (QED) is 0.278. The van der Waals surface area contributed by atoms with Gasteiger partial charge in [0.1, 0.15) is 0 Å². The first-order valence-electron chi connectivity index (χ1n) is 1.25. The predicted molar refractivity (Wildman–Crippen MR) is 45.9 cm³/mol. The molecule has 0 aromatic heterocycles. The fourth-order valence-corrected chi connectivity index (χ4v) is 0. The van der Waals surface area contributed by atoms with Crippen LogP contribution in [0.1, 0.15) is 0 Å². The summed E-state index contributed by atoms with van der Waals surface area (Å²) in [5.74, 6) is 0. The van der Waals surface area contributed by atoms with Crippen LogP contribution in [-0.4, -0.2) is 33.3 Å². The van der Waals surface area contributed by atoms with E-state index in [1.54, 1.807) is 0 Å². The van der Waals surface area contributed by atoms with Crippen molar-refractivity contribution in [2.45, 2.75) is 0 Å². The van der Waals surface area contributed by atoms with Gasteiger partial charge in [0, 0.05) is 0 Å². The number of hydrogen-bond acceptors (Lipinski definition) is 5. The molecule has 15 heavy (non-hydrogen) atoms. The van der Waals surface area contributed by atoms with Gasteiger partial charge in [0.05, 0.1) is 0 Å². The standard InChI is InChI=1S/Co.HNO3.4H2N.H2O4S.H2O/c;2-1(3)4;;;;;1-5(2,3)4;/h;(H,2,3,4);4*1H2;(H2,1,2,3,4);1H2/q+3;;4*-1;;/p-1. The van der Waals surface area contributed by atoms with E-state index in [0.29, 0.717) is 0 Å². The van der Waals surface area contributed by atoms with Crippen LogP contribution in [0.15, 0.2) is 0 Å². The molecule has 0 aromatic carbocycles. The first-order valence-corrected chi connectivity index (χ1v) is 2.61. The molecule has 0 bridgehead atoms. The molecule has 13 nitrogen and oxygen atoms in total. The van der Waals surface area contributed by atoms with Crippen LogP contribution in [0.5, 0.6) is 0 Å². The van der Waals surface area contributed by atoms with Gasteiger partial charge in [-0.25, -0.2) is 8.42 Å². The van der Waals surface area contributed by atoms with Gasteiger partial charge in [-0.05, 0) is 0 Å². The Bertz CT molecular complexity index is 165. The SMILES string of the molecule is O.O=S(=O)([O-])O.O=[N+]([O-])O.[Co+3].[NH2-].[NH2-].[NH2-].[NH2-]. The summed E-state index contributed by atoms with van der Waals surface area (Å²) >= 11 is 0. The Hall–Kier alpha value is -0.624. The predicted octanol–water partition coefficient (Wildman–Crippen LogP) is 0.698. The molecule has 0 aliphatic carbocycles. The largest absolute Gasteiger partial charge is 3.00 e. The molecule has 0 atom stereocenters. The minimum atomic E-state index is -4.92. The van der Waals surface area contributed by atoms with E-state index in [1.807, 2.05) is 0 Å². The van der Waals surface area contributed by atoms with E-state index >= 15 is 0 Å². The van der Waals surface area contributed by atoms with Gasteiger partial charge in [-0.1, -0.05) is 0 Å². The summed E-state index contributed by atoms with van der Waals surface area (Å²) < 4.78 is 32.8. The van der Waals surface area contributed by atoms with Crippen LogP contribution in [0, 0.1) is 10.1 Å². The van der Waals surface area contributed by atoms with Gasteiger partial charge in [0.15, 0.2) is 0 Å². The van der Waals surface area contributed by atoms with Gasteiger partial charge >= 0.3 is 16.8 Å². The molecule has 0 radical (unpaired) electrons. The second-order valence-electron chi connectivity index (χ2n) is 0.666. The molecule has 0 aliphatic heterocycles. The molecule has 0 spiro atoms. The third-order valence-electron chi connectivity index (χ3n) is 0. The van der Waals surface area contributed by atoms with Gasteiger partial charge in [-0.3, -0.25) is 4.55 Å². The van der Waals surface area contributed by atoms with Crippen LogP contribution in [0.3, 0.4) is 0 Å². The summed E-state index contributed by atoms with van der Waals surface area (Å²) in [6, 6.07) is 0. The van der Waals surface area contributed by atoms with Crippen molar-refractivity contribution in [1.82, 2.24) is 0 Å². The van der Waals surface area contributed by atoms with E-state index in [1.165, 1.54) is 0 Å². The molecule has 12 N–H and O–H groups in total. The van der Waals surface area contributed by atoms with Gasteiger partial charge in [-0.15, -0.1) is 10.1 Å². The molecule has 0 aliphatic rings. The Morgan fingerprint density at radius 2 is 1.07 bits per heavy atom. The van der Waals surface area contributed by atoms with Crippen LogP contribution in [-0.2, 0) is 27.2 Å². The Morgan fingerprint density at radius 3 is 1.07 bits per heavy atom. The van der Waals surface area contributed by atoms with E-state index in [0.717, 1.165) is 0 Å². The summed E-state index contributed by atoms with van der Waals surface area (Å²) in [6.45, 7) is 0. The van der Waals surface area contributed by atoms with Crippen molar-refractivity contribution < 1.29 is 50.1 Å². The second kappa shape index (κ2) is 29.2. The van der Waals surface area contributed by atoms with E-state index < -0.39 is 15.5 Å². The molecule has 0 saturated carbocycles. The van der Waals surface area contributed by atoms with Crippen molar-refractivity contribution in [2.24, 2.45) is 0 Å². The third-order valence-corrected chi connectivity index (χ3v) is 0. The van der Waals surface area contributed by atoms with E-state index in [9.17, 15) is 0 Å². The van der Waals surface area contributed by atoms with Crippen molar-refractivity contribution in [1.29, 1.82) is 0 Å².